The van der Waals surface area contributed by atoms with Crippen molar-refractivity contribution in [2.75, 3.05) is 24.6 Å². The third-order valence-corrected chi connectivity index (χ3v) is 3.47. The summed E-state index contributed by atoms with van der Waals surface area (Å²) in [6, 6.07) is 0.205. The number of rotatable bonds is 9. The summed E-state index contributed by atoms with van der Waals surface area (Å²) in [6.07, 6.45) is 1.25. The van der Waals surface area contributed by atoms with Gasteiger partial charge in [0.15, 0.2) is 0 Å². The molecule has 0 aromatic carbocycles. The normalized spacial score (nSPS) is 13.1. The van der Waals surface area contributed by atoms with Crippen LogP contribution in [-0.2, 0) is 4.79 Å². The first-order valence-electron chi connectivity index (χ1n) is 5.69. The molecule has 1 unspecified atom stereocenters. The lowest BCUT2D eigenvalue weighted by molar-refractivity contribution is -0.138. The van der Waals surface area contributed by atoms with E-state index in [1.807, 2.05) is 11.8 Å². The highest BCUT2D eigenvalue weighted by Gasteiger charge is 2.18. The standard InChI is InChI=1S/C11H23NO2S/c1-4-12(5-2)10(9-11(13)14)7-8-15-6-3/h10H,4-9H2,1-3H3,(H,13,14). The maximum Gasteiger partial charge on any atom is 0.304 e. The minimum absolute atomic E-state index is 0.205. The predicted molar refractivity (Wildman–Crippen MR) is 66.6 cm³/mol. The number of hydrogen-bond donors (Lipinski definition) is 1. The van der Waals surface area contributed by atoms with E-state index in [1.54, 1.807) is 0 Å². The van der Waals surface area contributed by atoms with Gasteiger partial charge in [0.2, 0.25) is 0 Å². The average molecular weight is 233 g/mol. The first-order chi connectivity index (χ1) is 7.15. The fourth-order valence-electron chi connectivity index (χ4n) is 1.72. The maximum absolute atomic E-state index is 10.7. The predicted octanol–water partition coefficient (Wildman–Crippen LogP) is 2.31. The summed E-state index contributed by atoms with van der Waals surface area (Å²) in [7, 11) is 0. The molecule has 0 radical (unpaired) electrons. The van der Waals surface area contributed by atoms with Gasteiger partial charge in [0, 0.05) is 6.04 Å². The Balaban J connectivity index is 4.09. The van der Waals surface area contributed by atoms with Crippen LogP contribution in [0.15, 0.2) is 0 Å². The molecule has 15 heavy (non-hydrogen) atoms. The molecule has 0 heterocycles. The van der Waals surface area contributed by atoms with Crippen molar-refractivity contribution in [3.05, 3.63) is 0 Å². The maximum atomic E-state index is 10.7. The van der Waals surface area contributed by atoms with E-state index in [0.717, 1.165) is 31.0 Å². The van der Waals surface area contributed by atoms with Gasteiger partial charge in [-0.25, -0.2) is 0 Å². The molecule has 4 heteroatoms. The Labute approximate surface area is 97.2 Å². The fourth-order valence-corrected chi connectivity index (χ4v) is 2.45. The summed E-state index contributed by atoms with van der Waals surface area (Å²) in [4.78, 5) is 13.0. The van der Waals surface area contributed by atoms with Crippen molar-refractivity contribution in [1.29, 1.82) is 0 Å². The Hall–Kier alpha value is -0.220. The van der Waals surface area contributed by atoms with Crippen LogP contribution in [0.4, 0.5) is 0 Å². The molecule has 1 N–H and O–H groups in total. The Morgan fingerprint density at radius 3 is 2.33 bits per heavy atom. The Morgan fingerprint density at radius 2 is 1.93 bits per heavy atom. The topological polar surface area (TPSA) is 40.5 Å². The third-order valence-electron chi connectivity index (χ3n) is 2.54. The molecule has 0 bridgehead atoms. The van der Waals surface area contributed by atoms with E-state index in [4.69, 9.17) is 5.11 Å². The number of thioether (sulfide) groups is 1. The average Bonchev–Trinajstić information content (AvgIpc) is 2.19. The molecule has 90 valence electrons. The van der Waals surface area contributed by atoms with Gasteiger partial charge < -0.3 is 10.0 Å². The summed E-state index contributed by atoms with van der Waals surface area (Å²) in [5.41, 5.74) is 0. The molecule has 3 nitrogen and oxygen atoms in total. The number of carboxylic acids is 1. The van der Waals surface area contributed by atoms with Crippen molar-refractivity contribution in [3.63, 3.8) is 0 Å². The van der Waals surface area contributed by atoms with Gasteiger partial charge >= 0.3 is 5.97 Å². The lowest BCUT2D eigenvalue weighted by atomic mass is 10.1. The van der Waals surface area contributed by atoms with E-state index in [2.05, 4.69) is 25.7 Å². The zero-order valence-electron chi connectivity index (χ0n) is 10.0. The Morgan fingerprint density at radius 1 is 1.33 bits per heavy atom. The van der Waals surface area contributed by atoms with Gasteiger partial charge in [-0.3, -0.25) is 4.79 Å². The Kier molecular flexibility index (Phi) is 8.91. The number of carboxylic acid groups (broad SMARTS) is 1. The minimum Gasteiger partial charge on any atom is -0.481 e. The molecule has 0 amide bonds. The fraction of sp³-hybridized carbons (Fsp3) is 0.909. The van der Waals surface area contributed by atoms with E-state index >= 15 is 0 Å². The highest BCUT2D eigenvalue weighted by atomic mass is 32.2. The van der Waals surface area contributed by atoms with Crippen molar-refractivity contribution in [1.82, 2.24) is 4.90 Å². The second-order valence-corrected chi connectivity index (χ2v) is 4.85. The highest BCUT2D eigenvalue weighted by Crippen LogP contribution is 2.13. The lowest BCUT2D eigenvalue weighted by Gasteiger charge is -2.28. The van der Waals surface area contributed by atoms with Crippen LogP contribution in [0.3, 0.4) is 0 Å². The van der Waals surface area contributed by atoms with E-state index in [0.29, 0.717) is 0 Å². The smallest absolute Gasteiger partial charge is 0.304 e. The van der Waals surface area contributed by atoms with Crippen molar-refractivity contribution in [3.8, 4) is 0 Å². The van der Waals surface area contributed by atoms with Gasteiger partial charge in [-0.05, 0) is 31.0 Å². The van der Waals surface area contributed by atoms with Gasteiger partial charge in [0.05, 0.1) is 6.42 Å². The highest BCUT2D eigenvalue weighted by molar-refractivity contribution is 7.99. The third kappa shape index (κ3) is 6.79. The zero-order valence-corrected chi connectivity index (χ0v) is 10.8. The van der Waals surface area contributed by atoms with Crippen LogP contribution >= 0.6 is 11.8 Å². The van der Waals surface area contributed by atoms with Gasteiger partial charge in [0.1, 0.15) is 0 Å². The largest absolute Gasteiger partial charge is 0.481 e. The first kappa shape index (κ1) is 14.8. The molecular weight excluding hydrogens is 210 g/mol. The Bertz CT molecular complexity index is 172. The van der Waals surface area contributed by atoms with Crippen LogP contribution in [0.2, 0.25) is 0 Å². The van der Waals surface area contributed by atoms with Crippen LogP contribution in [-0.4, -0.2) is 46.6 Å². The molecular formula is C11H23NO2S. The van der Waals surface area contributed by atoms with Crippen LogP contribution < -0.4 is 0 Å². The summed E-state index contributed by atoms with van der Waals surface area (Å²) in [5.74, 6) is 1.48. The summed E-state index contributed by atoms with van der Waals surface area (Å²) in [6.45, 7) is 8.18. The summed E-state index contributed by atoms with van der Waals surface area (Å²) in [5, 5.41) is 8.85. The molecule has 0 spiro atoms. The molecule has 0 aliphatic carbocycles. The molecule has 0 rings (SSSR count). The van der Waals surface area contributed by atoms with E-state index < -0.39 is 5.97 Å². The first-order valence-corrected chi connectivity index (χ1v) is 6.84. The molecule has 0 saturated carbocycles. The quantitative estimate of drug-likeness (QED) is 0.620. The van der Waals surface area contributed by atoms with Gasteiger partial charge in [-0.1, -0.05) is 20.8 Å². The molecule has 0 aliphatic rings. The summed E-state index contributed by atoms with van der Waals surface area (Å²) >= 11 is 1.88. The van der Waals surface area contributed by atoms with Crippen molar-refractivity contribution < 1.29 is 9.90 Å². The van der Waals surface area contributed by atoms with Gasteiger partial charge in [-0.15, -0.1) is 0 Å². The van der Waals surface area contributed by atoms with Crippen molar-refractivity contribution >= 4 is 17.7 Å². The number of carbonyl (C=O) groups is 1. The molecule has 0 aromatic heterocycles. The second-order valence-electron chi connectivity index (χ2n) is 3.46. The molecule has 0 fully saturated rings. The zero-order chi connectivity index (χ0) is 11.7. The number of hydrogen-bond acceptors (Lipinski definition) is 3. The van der Waals surface area contributed by atoms with E-state index in [9.17, 15) is 4.79 Å². The van der Waals surface area contributed by atoms with Gasteiger partial charge in [-0.2, -0.15) is 11.8 Å². The van der Waals surface area contributed by atoms with E-state index in [1.165, 1.54) is 0 Å². The van der Waals surface area contributed by atoms with Crippen LogP contribution in [0.5, 0.6) is 0 Å². The monoisotopic (exact) mass is 233 g/mol. The van der Waals surface area contributed by atoms with Crippen molar-refractivity contribution in [2.45, 2.75) is 39.7 Å². The van der Waals surface area contributed by atoms with E-state index in [-0.39, 0.29) is 12.5 Å². The van der Waals surface area contributed by atoms with Crippen LogP contribution in [0.25, 0.3) is 0 Å². The number of nitrogens with zero attached hydrogens (tertiary/aromatic N) is 1. The summed E-state index contributed by atoms with van der Waals surface area (Å²) < 4.78 is 0. The minimum atomic E-state index is -0.687. The van der Waals surface area contributed by atoms with Crippen molar-refractivity contribution in [2.24, 2.45) is 0 Å². The molecule has 0 saturated heterocycles. The second kappa shape index (κ2) is 9.04. The van der Waals surface area contributed by atoms with Crippen LogP contribution in [0, 0.1) is 0 Å². The molecule has 0 aromatic rings. The van der Waals surface area contributed by atoms with Crippen LogP contribution in [0.1, 0.15) is 33.6 Å². The molecule has 1 atom stereocenters. The van der Waals surface area contributed by atoms with Gasteiger partial charge in [0.25, 0.3) is 0 Å². The lowest BCUT2D eigenvalue weighted by Crippen LogP contribution is -2.37. The molecule has 0 aliphatic heterocycles. The number of aliphatic carboxylic acids is 1. The SMILES string of the molecule is CCSCCC(CC(=O)O)N(CC)CC.